The number of aliphatic imine (C=N–C) groups is 1. The Kier molecular flexibility index (Phi) is 8.43. The quantitative estimate of drug-likeness (QED) is 0.125. The van der Waals surface area contributed by atoms with Gasteiger partial charge in [0.25, 0.3) is 0 Å². The number of nitrogens with one attached hydrogen (secondary N) is 2. The third kappa shape index (κ3) is 5.22. The van der Waals surface area contributed by atoms with E-state index in [1.54, 1.807) is 19.2 Å². The molecule has 2 bridgehead atoms. The summed E-state index contributed by atoms with van der Waals surface area (Å²) in [5.41, 5.74) is 0. The first-order chi connectivity index (χ1) is 15.0. The smallest absolute Gasteiger partial charge is 0.233 e. The average molecular weight is 573 g/mol. The van der Waals surface area contributed by atoms with E-state index in [1.807, 2.05) is 19.1 Å². The molecule has 1 aromatic rings. The zero-order chi connectivity index (χ0) is 22.0. The number of rotatable bonds is 8. The summed E-state index contributed by atoms with van der Waals surface area (Å²) >= 11 is 5.89. The molecule has 2 aliphatic carbocycles. The molecule has 1 aliphatic heterocycles. The maximum Gasteiger partial charge on any atom is 0.233 e. The third-order valence-corrected chi connectivity index (χ3v) is 6.60. The topological polar surface area (TPSA) is 83.0 Å². The predicted octanol–water partition coefficient (Wildman–Crippen LogP) is 3.09. The van der Waals surface area contributed by atoms with Crippen LogP contribution in [0.5, 0.6) is 5.75 Å². The molecule has 5 atom stereocenters. The van der Waals surface area contributed by atoms with E-state index in [1.165, 1.54) is 4.90 Å². The molecule has 0 radical (unpaired) electrons. The van der Waals surface area contributed by atoms with Gasteiger partial charge in [0.2, 0.25) is 11.8 Å². The Morgan fingerprint density at radius 2 is 1.78 bits per heavy atom. The number of hydrogen-bond acceptors (Lipinski definition) is 4. The van der Waals surface area contributed by atoms with Crippen molar-refractivity contribution in [1.29, 1.82) is 0 Å². The van der Waals surface area contributed by atoms with Crippen molar-refractivity contribution in [1.82, 2.24) is 15.5 Å². The lowest BCUT2D eigenvalue weighted by Crippen LogP contribution is -2.43. The van der Waals surface area contributed by atoms with Gasteiger partial charge in [-0.2, -0.15) is 0 Å². The van der Waals surface area contributed by atoms with Crippen LogP contribution in [0, 0.1) is 23.7 Å². The number of fused-ring (bicyclic) bond motifs is 5. The molecule has 1 heterocycles. The monoisotopic (exact) mass is 572 g/mol. The fourth-order valence-electron chi connectivity index (χ4n) is 4.88. The molecule has 32 heavy (non-hydrogen) atoms. The molecule has 0 spiro atoms. The lowest BCUT2D eigenvalue weighted by atomic mass is 9.85. The van der Waals surface area contributed by atoms with Crippen molar-refractivity contribution in [3.63, 3.8) is 0 Å². The summed E-state index contributed by atoms with van der Waals surface area (Å²) in [7, 11) is 1.71. The van der Waals surface area contributed by atoms with Crippen molar-refractivity contribution in [2.75, 3.05) is 26.7 Å². The molecule has 5 unspecified atom stereocenters. The molecule has 174 valence electrons. The number of halogens is 2. The van der Waals surface area contributed by atoms with E-state index in [2.05, 4.69) is 27.8 Å². The summed E-state index contributed by atoms with van der Waals surface area (Å²) in [6.07, 6.45) is 5.81. The molecule has 3 aliphatic rings. The minimum atomic E-state index is -0.119. The summed E-state index contributed by atoms with van der Waals surface area (Å²) in [6.45, 7) is 3.61. The van der Waals surface area contributed by atoms with Crippen molar-refractivity contribution in [2.24, 2.45) is 28.7 Å². The highest BCUT2D eigenvalue weighted by Gasteiger charge is 2.58. The summed E-state index contributed by atoms with van der Waals surface area (Å²) in [5.74, 6) is 1.73. The molecular weight excluding hydrogens is 543 g/mol. The van der Waals surface area contributed by atoms with Gasteiger partial charge in [0.05, 0.1) is 18.4 Å². The molecule has 2 fully saturated rings. The molecular formula is C23H30ClIN4O3. The number of nitrogens with zero attached hydrogens (tertiary/aromatic N) is 2. The minimum absolute atomic E-state index is 0. The van der Waals surface area contributed by atoms with E-state index in [9.17, 15) is 9.59 Å². The van der Waals surface area contributed by atoms with Crippen LogP contribution in [-0.4, -0.2) is 55.5 Å². The van der Waals surface area contributed by atoms with E-state index < -0.39 is 0 Å². The van der Waals surface area contributed by atoms with Crippen molar-refractivity contribution >= 4 is 53.4 Å². The third-order valence-electron chi connectivity index (χ3n) is 6.34. The number of hydrogen-bond donors (Lipinski definition) is 2. The van der Waals surface area contributed by atoms with Crippen LogP contribution in [0.3, 0.4) is 0 Å². The zero-order valence-electron chi connectivity index (χ0n) is 18.3. The van der Waals surface area contributed by atoms with Crippen LogP contribution in [0.4, 0.5) is 0 Å². The zero-order valence-corrected chi connectivity index (χ0v) is 21.4. The fraction of sp³-hybridized carbons (Fsp3) is 0.522. The van der Waals surface area contributed by atoms with Gasteiger partial charge in [-0.15, -0.1) is 24.0 Å². The Morgan fingerprint density at radius 3 is 2.38 bits per heavy atom. The number of amides is 2. The number of imide groups is 1. The Morgan fingerprint density at radius 1 is 1.16 bits per heavy atom. The van der Waals surface area contributed by atoms with Crippen molar-refractivity contribution in [3.8, 4) is 5.75 Å². The second-order valence-electron chi connectivity index (χ2n) is 8.44. The molecule has 0 aromatic heterocycles. The summed E-state index contributed by atoms with van der Waals surface area (Å²) in [6, 6.07) is 7.26. The SMILES string of the molecule is CN=C(NCCCN1C(=O)C2C3C=CC(C3)C2C1=O)NCC(C)Oc1ccc(Cl)cc1.I. The maximum atomic E-state index is 12.7. The predicted molar refractivity (Wildman–Crippen MR) is 135 cm³/mol. The van der Waals surface area contributed by atoms with Crippen LogP contribution in [0.25, 0.3) is 0 Å². The Hall–Kier alpha value is -1.81. The van der Waals surface area contributed by atoms with Gasteiger partial charge in [-0.3, -0.25) is 19.5 Å². The van der Waals surface area contributed by atoms with E-state index in [0.29, 0.717) is 37.0 Å². The number of carbonyl (C=O) groups is 2. The van der Waals surface area contributed by atoms with Crippen LogP contribution >= 0.6 is 35.6 Å². The minimum Gasteiger partial charge on any atom is -0.489 e. The first-order valence-corrected chi connectivity index (χ1v) is 11.3. The van der Waals surface area contributed by atoms with Crippen LogP contribution in [-0.2, 0) is 9.59 Å². The number of ether oxygens (including phenoxy) is 1. The van der Waals surface area contributed by atoms with Gasteiger partial charge < -0.3 is 15.4 Å². The molecule has 2 amide bonds. The Balaban J connectivity index is 0.00000289. The van der Waals surface area contributed by atoms with Crippen molar-refractivity contribution in [2.45, 2.75) is 25.9 Å². The van der Waals surface area contributed by atoms with Gasteiger partial charge in [-0.25, -0.2) is 0 Å². The number of benzene rings is 1. The second-order valence-corrected chi connectivity index (χ2v) is 8.88. The number of likely N-dealkylation sites (tertiary alicyclic amines) is 1. The normalized spacial score (nSPS) is 26.7. The fourth-order valence-corrected chi connectivity index (χ4v) is 5.00. The van der Waals surface area contributed by atoms with E-state index >= 15 is 0 Å². The molecule has 7 nitrogen and oxygen atoms in total. The van der Waals surface area contributed by atoms with Gasteiger partial charge in [-0.1, -0.05) is 23.8 Å². The van der Waals surface area contributed by atoms with E-state index in [-0.39, 0.29) is 65.6 Å². The summed E-state index contributed by atoms with van der Waals surface area (Å²) in [4.78, 5) is 31.1. The standard InChI is InChI=1S/C23H29ClN4O3.HI/c1-14(31-18-8-6-17(24)7-9-18)13-27-23(25-2)26-10-3-11-28-21(29)19-15-4-5-16(12-15)20(19)22(28)30;/h4-9,14-16,19-20H,3,10-13H2,1-2H3,(H2,25,26,27);1H. The highest BCUT2D eigenvalue weighted by atomic mass is 127. The molecule has 4 rings (SSSR count). The lowest BCUT2D eigenvalue weighted by molar-refractivity contribution is -0.140. The van der Waals surface area contributed by atoms with Gasteiger partial charge >= 0.3 is 0 Å². The largest absolute Gasteiger partial charge is 0.489 e. The van der Waals surface area contributed by atoms with E-state index in [4.69, 9.17) is 16.3 Å². The Bertz CT molecular complexity index is 862. The summed E-state index contributed by atoms with van der Waals surface area (Å²) < 4.78 is 5.85. The molecule has 9 heteroatoms. The van der Waals surface area contributed by atoms with Crippen LogP contribution in [0.15, 0.2) is 41.4 Å². The van der Waals surface area contributed by atoms with Gasteiger partial charge in [0, 0.05) is 25.2 Å². The average Bonchev–Trinajstić information content (AvgIpc) is 3.44. The first kappa shape index (κ1) is 24.8. The van der Waals surface area contributed by atoms with E-state index in [0.717, 1.165) is 12.2 Å². The summed E-state index contributed by atoms with van der Waals surface area (Å²) in [5, 5.41) is 7.14. The molecule has 1 saturated carbocycles. The van der Waals surface area contributed by atoms with Crippen LogP contribution in [0.2, 0.25) is 5.02 Å². The van der Waals surface area contributed by atoms with Gasteiger partial charge in [0.15, 0.2) is 5.96 Å². The van der Waals surface area contributed by atoms with Gasteiger partial charge in [-0.05, 0) is 55.9 Å². The number of carbonyl (C=O) groups excluding carboxylic acids is 2. The number of allylic oxidation sites excluding steroid dienone is 2. The molecule has 1 aromatic carbocycles. The number of guanidine groups is 1. The maximum absolute atomic E-state index is 12.7. The highest BCUT2D eigenvalue weighted by Crippen LogP contribution is 2.52. The Labute approximate surface area is 211 Å². The van der Waals surface area contributed by atoms with Crippen molar-refractivity contribution < 1.29 is 14.3 Å². The lowest BCUT2D eigenvalue weighted by Gasteiger charge is -2.19. The second kappa shape index (κ2) is 10.9. The first-order valence-electron chi connectivity index (χ1n) is 10.9. The molecule has 1 saturated heterocycles. The van der Waals surface area contributed by atoms with Crippen LogP contribution < -0.4 is 15.4 Å². The highest BCUT2D eigenvalue weighted by molar-refractivity contribution is 14.0. The van der Waals surface area contributed by atoms with Crippen LogP contribution in [0.1, 0.15) is 19.8 Å². The van der Waals surface area contributed by atoms with Crippen molar-refractivity contribution in [3.05, 3.63) is 41.4 Å². The van der Waals surface area contributed by atoms with Gasteiger partial charge in [0.1, 0.15) is 11.9 Å². The molecule has 2 N–H and O–H groups in total.